The maximum Gasteiger partial charge on any atom is 0.417 e. The lowest BCUT2D eigenvalue weighted by Gasteiger charge is -2.40. The topological polar surface area (TPSA) is 208 Å². The number of aliphatic hydroxyl groups excluding tert-OH is 1. The van der Waals surface area contributed by atoms with Crippen LogP contribution in [0.15, 0.2) is 60.5 Å². The number of aliphatic hydroxyl groups is 1. The van der Waals surface area contributed by atoms with Crippen molar-refractivity contribution in [1.82, 2.24) is 65.6 Å². The van der Waals surface area contributed by atoms with Crippen molar-refractivity contribution < 1.29 is 32.6 Å². The van der Waals surface area contributed by atoms with E-state index in [9.17, 15) is 27.9 Å². The summed E-state index contributed by atoms with van der Waals surface area (Å²) in [7, 11) is 0. The Morgan fingerprint density at radius 2 is 1.80 bits per heavy atom. The number of pyridine rings is 1. The zero-order valence-corrected chi connectivity index (χ0v) is 48.6. The molecule has 0 radical (unpaired) electrons. The fourth-order valence-corrected chi connectivity index (χ4v) is 15.0. The molecule has 23 heteroatoms. The fraction of sp³-hybridized carbons (Fsp3) is 0.508. The smallest absolute Gasteiger partial charge is 0.417 e. The summed E-state index contributed by atoms with van der Waals surface area (Å²) in [5, 5.41) is 35.4. The number of halogens is 3. The lowest BCUT2D eigenvalue weighted by molar-refractivity contribution is -0.144. The number of piperazine rings is 1. The van der Waals surface area contributed by atoms with Gasteiger partial charge in [0.25, 0.3) is 0 Å². The Bertz CT molecular complexity index is 3660. The molecule has 4 aliphatic rings. The molecule has 0 aliphatic carbocycles. The summed E-state index contributed by atoms with van der Waals surface area (Å²) in [5.41, 5.74) is 4.86. The fourth-order valence-electron chi connectivity index (χ4n) is 13.0. The number of β-amino-alcohol motifs (C(OH)–C–C–N with tert-alkyl or cyclic N) is 1. The molecule has 6 aromatic heterocycles. The van der Waals surface area contributed by atoms with Gasteiger partial charge in [0.15, 0.2) is 0 Å². The summed E-state index contributed by atoms with van der Waals surface area (Å²) in [6, 6.07) is 10.6. The normalized spacial score (nSPS) is 22.0. The number of fused-ring (bicyclic) bond motifs is 6. The number of aromatic amines is 1. The van der Waals surface area contributed by atoms with E-state index in [1.165, 1.54) is 35.4 Å². The first kappa shape index (κ1) is 55.9. The van der Waals surface area contributed by atoms with Crippen molar-refractivity contribution in [3.8, 4) is 27.7 Å². The quantitative estimate of drug-likeness (QED) is 0.0665. The van der Waals surface area contributed by atoms with E-state index in [1.54, 1.807) is 22.2 Å². The highest BCUT2D eigenvalue weighted by atomic mass is 32.1. The van der Waals surface area contributed by atoms with Crippen molar-refractivity contribution in [2.45, 2.75) is 136 Å². The Balaban J connectivity index is 0.694. The monoisotopic (exact) mass is 1160 g/mol. The van der Waals surface area contributed by atoms with Crippen LogP contribution in [0.2, 0.25) is 0 Å². The van der Waals surface area contributed by atoms with E-state index in [0.717, 1.165) is 115 Å². The average molecular weight is 1160 g/mol. The van der Waals surface area contributed by atoms with E-state index in [4.69, 9.17) is 14.7 Å². The van der Waals surface area contributed by atoms with E-state index in [-0.39, 0.29) is 59.6 Å². The molecule has 8 aromatic rings. The number of H-pyrrole nitrogens is 1. The van der Waals surface area contributed by atoms with Crippen LogP contribution in [0.25, 0.3) is 52.9 Å². The number of anilines is 1. The number of likely N-dealkylation sites (tertiary alicyclic amines) is 2. The molecule has 10 heterocycles. The Morgan fingerprint density at radius 3 is 2.55 bits per heavy atom. The second kappa shape index (κ2) is 22.2. The van der Waals surface area contributed by atoms with Crippen molar-refractivity contribution in [3.05, 3.63) is 88.6 Å². The maximum absolute atomic E-state index is 15.0. The van der Waals surface area contributed by atoms with Crippen LogP contribution in [-0.2, 0) is 28.7 Å². The van der Waals surface area contributed by atoms with Crippen molar-refractivity contribution >= 4 is 71.5 Å². The van der Waals surface area contributed by atoms with Gasteiger partial charge in [-0.25, -0.2) is 9.67 Å². The molecule has 4 saturated heterocycles. The van der Waals surface area contributed by atoms with E-state index < -0.39 is 35.3 Å². The number of unbranched alkanes of at least 4 members (excludes halogenated alkanes) is 1. The molecule has 4 fully saturated rings. The maximum atomic E-state index is 15.0. The minimum Gasteiger partial charge on any atom is -0.463 e. The number of benzene rings is 2. The van der Waals surface area contributed by atoms with Crippen molar-refractivity contribution in [1.29, 1.82) is 0 Å². The molecule has 0 spiro atoms. The van der Waals surface area contributed by atoms with Gasteiger partial charge in [-0.1, -0.05) is 57.2 Å². The zero-order valence-electron chi connectivity index (χ0n) is 47.0. The first-order valence-corrected chi connectivity index (χ1v) is 30.1. The van der Waals surface area contributed by atoms with E-state index >= 15 is 0 Å². The number of piperidine rings is 1. The van der Waals surface area contributed by atoms with Gasteiger partial charge in [-0.3, -0.25) is 19.7 Å². The van der Waals surface area contributed by atoms with Crippen LogP contribution in [0.3, 0.4) is 0 Å². The summed E-state index contributed by atoms with van der Waals surface area (Å²) in [4.78, 5) is 55.5. The Kier molecular flexibility index (Phi) is 15.1. The molecule has 6 atom stereocenters. The lowest BCUT2D eigenvalue weighted by Crippen LogP contribution is -2.51. The molecule has 2 bridgehead atoms. The number of rotatable bonds is 16. The Hall–Kier alpha value is -6.66. The lowest BCUT2D eigenvalue weighted by atomic mass is 9.82. The van der Waals surface area contributed by atoms with Crippen LogP contribution in [-0.4, -0.2) is 142 Å². The molecule has 1 unspecified atom stereocenters. The van der Waals surface area contributed by atoms with E-state index in [1.807, 2.05) is 69.7 Å². The number of nitrogens with zero attached hydrogens (tertiary/aromatic N) is 11. The number of nitrogens with one attached hydrogen (secondary N) is 3. The first-order valence-electron chi connectivity index (χ1n) is 28.4. The number of aromatic nitrogens is 9. The molecule has 18 nitrogen and oxygen atoms in total. The SMILES string of the molecule is Cc1cc2[nH]ncc2c(-c2nccc3c2sc2nc(OCC4(C)CCCN(CCCCc5cn([C@H](C(=O)N6C[C@H](O)C[C@H]6C(=O)NCc6ccc(-c7scnc7C)cc6)C(C)(C)C)nn5)C4)nc(N4C[C@H]5CC[C@@H](C4)N5)c23)c1C(F)(F)F. The van der Waals surface area contributed by atoms with Gasteiger partial charge in [-0.15, -0.1) is 27.8 Å². The minimum absolute atomic E-state index is 0.00350. The van der Waals surface area contributed by atoms with Gasteiger partial charge in [0.05, 0.1) is 67.5 Å². The van der Waals surface area contributed by atoms with Crippen LogP contribution < -0.4 is 20.3 Å². The summed E-state index contributed by atoms with van der Waals surface area (Å²) < 4.78 is 53.8. The highest BCUT2D eigenvalue weighted by Gasteiger charge is 2.46. The first-order chi connectivity index (χ1) is 39.3. The van der Waals surface area contributed by atoms with Gasteiger partial charge < -0.3 is 35.2 Å². The second-order valence-electron chi connectivity index (χ2n) is 24.4. The molecule has 2 amide bonds. The number of alkyl halides is 3. The second-order valence-corrected chi connectivity index (χ2v) is 26.3. The largest absolute Gasteiger partial charge is 0.463 e. The van der Waals surface area contributed by atoms with Gasteiger partial charge in [0, 0.05) is 85.4 Å². The Morgan fingerprint density at radius 1 is 1.01 bits per heavy atom. The number of hydrogen-bond acceptors (Lipinski definition) is 16. The number of ether oxygens (including phenoxy) is 1. The van der Waals surface area contributed by atoms with Gasteiger partial charge in [0.1, 0.15) is 22.7 Å². The standard InChI is InChI=1S/C59H69F3N14O4S2/c1-33-22-43-42(25-66-71-43)45(47(33)59(60,61)62)48-50-41(17-19-63-48)46-52(74-26-37-15-16-38(27-74)67-37)68-56(69-54(46)82-50)80-31-58(6)18-9-21-73(30-58)20-8-7-10-39-28-76(72-70-39)51(57(3,4)5)55(79)75-29-40(77)23-44(75)53(78)64-24-35-11-13-36(14-12-35)49-34(2)65-32-81-49/h11-14,17,19,22,25,28,32,37-38,40,44,51,67,77H,7-10,15-16,18,20-21,23-24,26-27,29-31H2,1-6H3,(H,64,78)(H,66,71)/t37-,38+,40-,44+,51-,58?/m1/s1. The van der Waals surface area contributed by atoms with E-state index in [0.29, 0.717) is 45.5 Å². The van der Waals surface area contributed by atoms with Crippen LogP contribution in [0.5, 0.6) is 6.01 Å². The molecule has 4 N–H and O–H groups in total. The third-order valence-corrected chi connectivity index (χ3v) is 19.0. The summed E-state index contributed by atoms with van der Waals surface area (Å²) >= 11 is 2.91. The predicted octanol–water partition coefficient (Wildman–Crippen LogP) is 9.44. The number of thiazole rings is 1. The number of hydrogen-bond donors (Lipinski definition) is 4. The molecule has 82 heavy (non-hydrogen) atoms. The van der Waals surface area contributed by atoms with Crippen molar-refractivity contribution in [2.24, 2.45) is 10.8 Å². The van der Waals surface area contributed by atoms with E-state index in [2.05, 4.69) is 57.8 Å². The van der Waals surface area contributed by atoms with Crippen LogP contribution in [0.1, 0.15) is 107 Å². The highest BCUT2D eigenvalue weighted by molar-refractivity contribution is 7.26. The highest BCUT2D eigenvalue weighted by Crippen LogP contribution is 2.49. The molecule has 2 aromatic carbocycles. The molecular weight excluding hydrogens is 1090 g/mol. The van der Waals surface area contributed by atoms with Crippen molar-refractivity contribution in [3.63, 3.8) is 0 Å². The third kappa shape index (κ3) is 11.2. The number of aryl methyl sites for hydroxylation is 3. The van der Waals surface area contributed by atoms with Crippen LogP contribution >= 0.6 is 22.7 Å². The summed E-state index contributed by atoms with van der Waals surface area (Å²) in [5.74, 6) is 0.129. The summed E-state index contributed by atoms with van der Waals surface area (Å²) in [6.45, 7) is 16.5. The van der Waals surface area contributed by atoms with Gasteiger partial charge in [0.2, 0.25) is 11.8 Å². The zero-order chi connectivity index (χ0) is 57.2. The van der Waals surface area contributed by atoms with Gasteiger partial charge in [-0.2, -0.15) is 28.2 Å². The van der Waals surface area contributed by atoms with Crippen molar-refractivity contribution in [2.75, 3.05) is 50.8 Å². The van der Waals surface area contributed by atoms with Gasteiger partial charge in [-0.05, 0) is 106 Å². The Labute approximate surface area is 481 Å². The molecule has 0 saturated carbocycles. The summed E-state index contributed by atoms with van der Waals surface area (Å²) in [6.07, 6.45) is 6.07. The predicted molar refractivity (Wildman–Crippen MR) is 311 cm³/mol. The van der Waals surface area contributed by atoms with Gasteiger partial charge >= 0.3 is 12.2 Å². The number of amides is 2. The molecule has 12 rings (SSSR count). The average Bonchev–Trinajstić information content (AvgIpc) is 3.43. The number of carbonyl (C=O) groups is 2. The molecule has 432 valence electrons. The third-order valence-electron chi connectivity index (χ3n) is 16.9. The van der Waals surface area contributed by atoms with Crippen LogP contribution in [0, 0.1) is 24.7 Å². The molecular formula is C59H69F3N14O4S2. The number of carbonyl (C=O) groups excluding carboxylic acids is 2. The number of thiophene rings is 1. The molecule has 4 aliphatic heterocycles. The van der Waals surface area contributed by atoms with Crippen LogP contribution in [0.4, 0.5) is 19.0 Å². The minimum atomic E-state index is -4.64.